The highest BCUT2D eigenvalue weighted by Gasteiger charge is 2.07. The summed E-state index contributed by atoms with van der Waals surface area (Å²) in [6.45, 7) is 7.86. The van der Waals surface area contributed by atoms with Crippen LogP contribution in [0.3, 0.4) is 0 Å². The first-order valence-corrected chi connectivity index (χ1v) is 7.10. The molecule has 1 aromatic rings. The van der Waals surface area contributed by atoms with Gasteiger partial charge in [-0.05, 0) is 24.7 Å². The summed E-state index contributed by atoms with van der Waals surface area (Å²) >= 11 is 5.63. The van der Waals surface area contributed by atoms with Gasteiger partial charge in [-0.25, -0.2) is 0 Å². The molecule has 0 saturated carbocycles. The molecule has 0 aliphatic carbocycles. The largest absolute Gasteiger partial charge is 0.339 e. The molecule has 0 heterocycles. The molecule has 0 aromatic heterocycles. The van der Waals surface area contributed by atoms with Crippen LogP contribution in [0.1, 0.15) is 0 Å². The number of benzene rings is 1. The summed E-state index contributed by atoms with van der Waals surface area (Å²) in [6.07, 6.45) is 0. The molecule has 0 fully saturated rings. The molecule has 2 N–H and O–H groups in total. The molecule has 15 heavy (non-hydrogen) atoms. The predicted molar refractivity (Wildman–Crippen MR) is 71.2 cm³/mol. The zero-order chi connectivity index (χ0) is 11.4. The van der Waals surface area contributed by atoms with Crippen LogP contribution in [0.25, 0.3) is 0 Å². The van der Waals surface area contributed by atoms with Crippen LogP contribution in [0, 0.1) is 5.41 Å². The van der Waals surface area contributed by atoms with Crippen LogP contribution >= 0.6 is 19.5 Å². The van der Waals surface area contributed by atoms with Crippen LogP contribution in [0.2, 0.25) is 0 Å². The Hall–Kier alpha value is -0.850. The molecular formula is C11H14ClN2P. The molecule has 80 valence electrons. The van der Waals surface area contributed by atoms with E-state index >= 15 is 0 Å². The Morgan fingerprint density at radius 2 is 2.00 bits per heavy atom. The number of halogens is 1. The van der Waals surface area contributed by atoms with E-state index in [1.807, 2.05) is 18.2 Å². The minimum Gasteiger partial charge on any atom is -0.339 e. The molecule has 0 aliphatic rings. The van der Waals surface area contributed by atoms with Gasteiger partial charge in [0.2, 0.25) is 0 Å². The minimum absolute atomic E-state index is 0.154. The lowest BCUT2D eigenvalue weighted by molar-refractivity contribution is 1.48. The van der Waals surface area contributed by atoms with Crippen LogP contribution in [-0.2, 0) is 0 Å². The Balaban J connectivity index is 2.94. The quantitative estimate of drug-likeness (QED) is 0.475. The topological polar surface area (TPSA) is 35.9 Å². The average Bonchev–Trinajstić information content (AvgIpc) is 2.18. The third-order valence-electron chi connectivity index (χ3n) is 1.92. The third kappa shape index (κ3) is 3.33. The van der Waals surface area contributed by atoms with Crippen molar-refractivity contribution in [1.29, 1.82) is 5.41 Å². The van der Waals surface area contributed by atoms with Crippen LogP contribution in [0.15, 0.2) is 35.9 Å². The maximum Gasteiger partial charge on any atom is 0.141 e. The zero-order valence-corrected chi connectivity index (χ0v) is 10.5. The van der Waals surface area contributed by atoms with Crippen molar-refractivity contribution in [3.8, 4) is 0 Å². The van der Waals surface area contributed by atoms with Gasteiger partial charge in [0.1, 0.15) is 5.84 Å². The third-order valence-corrected chi connectivity index (χ3v) is 3.46. The second-order valence-corrected chi connectivity index (χ2v) is 6.04. The molecule has 0 spiro atoms. The maximum atomic E-state index is 7.58. The standard InChI is InChI=1S/C11H14ClN2P/c1-8(12)11(13)14-9-6-4-5-7-10(9)15(2)3/h4-7H,1H2,2-3H3,(H2,13,14). The van der Waals surface area contributed by atoms with Crippen LogP contribution in [-0.4, -0.2) is 19.2 Å². The van der Waals surface area contributed by atoms with Crippen LogP contribution in [0.4, 0.5) is 5.69 Å². The summed E-state index contributed by atoms with van der Waals surface area (Å²) in [4.78, 5) is 0. The highest BCUT2D eigenvalue weighted by molar-refractivity contribution is 7.64. The number of rotatable bonds is 3. The Morgan fingerprint density at radius 3 is 2.53 bits per heavy atom. The van der Waals surface area contributed by atoms with Crippen molar-refractivity contribution < 1.29 is 0 Å². The number of anilines is 1. The van der Waals surface area contributed by atoms with Crippen LogP contribution in [0.5, 0.6) is 0 Å². The molecular weight excluding hydrogens is 227 g/mol. The lowest BCUT2D eigenvalue weighted by Crippen LogP contribution is -2.16. The molecule has 2 nitrogen and oxygen atoms in total. The van der Waals surface area contributed by atoms with Gasteiger partial charge in [-0.2, -0.15) is 0 Å². The van der Waals surface area contributed by atoms with Gasteiger partial charge in [-0.15, -0.1) is 0 Å². The van der Waals surface area contributed by atoms with Gasteiger partial charge in [0.05, 0.1) is 5.03 Å². The Bertz CT molecular complexity index is 388. The van der Waals surface area contributed by atoms with Crippen molar-refractivity contribution in [2.75, 3.05) is 18.6 Å². The molecule has 1 aromatic carbocycles. The van der Waals surface area contributed by atoms with E-state index in [9.17, 15) is 0 Å². The smallest absolute Gasteiger partial charge is 0.141 e. The van der Waals surface area contributed by atoms with E-state index in [4.69, 9.17) is 17.0 Å². The van der Waals surface area contributed by atoms with Gasteiger partial charge in [0.15, 0.2) is 0 Å². The molecule has 1 rings (SSSR count). The number of hydrogen-bond acceptors (Lipinski definition) is 1. The molecule has 0 atom stereocenters. The van der Waals surface area contributed by atoms with Gasteiger partial charge >= 0.3 is 0 Å². The summed E-state index contributed by atoms with van der Waals surface area (Å²) in [5, 5.41) is 12.0. The molecule has 0 saturated heterocycles. The fraction of sp³-hybridized carbons (Fsp3) is 0.182. The van der Waals surface area contributed by atoms with Crippen molar-refractivity contribution in [1.82, 2.24) is 0 Å². The average molecular weight is 241 g/mol. The molecule has 0 amide bonds. The Morgan fingerprint density at radius 1 is 1.40 bits per heavy atom. The summed E-state index contributed by atoms with van der Waals surface area (Å²) < 4.78 is 0. The van der Waals surface area contributed by atoms with Gasteiger partial charge < -0.3 is 5.32 Å². The summed E-state index contributed by atoms with van der Waals surface area (Å²) in [7, 11) is -0.198. The fourth-order valence-corrected chi connectivity index (χ4v) is 2.22. The van der Waals surface area contributed by atoms with Crippen molar-refractivity contribution in [2.45, 2.75) is 0 Å². The number of amidine groups is 1. The first-order chi connectivity index (χ1) is 7.02. The minimum atomic E-state index is -0.198. The van der Waals surface area contributed by atoms with E-state index in [2.05, 4.69) is 31.3 Å². The molecule has 0 radical (unpaired) electrons. The second kappa shape index (κ2) is 5.29. The number of hydrogen-bond donors (Lipinski definition) is 2. The van der Waals surface area contributed by atoms with Crippen molar-refractivity contribution in [3.63, 3.8) is 0 Å². The lowest BCUT2D eigenvalue weighted by atomic mass is 10.3. The predicted octanol–water partition coefficient (Wildman–Crippen LogP) is 3.20. The SMILES string of the molecule is C=C(Cl)C(=N)Nc1ccccc1P(C)C. The van der Waals surface area contributed by atoms with E-state index in [0.717, 1.165) is 5.69 Å². The maximum absolute atomic E-state index is 7.58. The highest BCUT2D eigenvalue weighted by Crippen LogP contribution is 2.28. The number of para-hydroxylation sites is 1. The van der Waals surface area contributed by atoms with E-state index in [-0.39, 0.29) is 18.8 Å². The first kappa shape index (κ1) is 12.2. The van der Waals surface area contributed by atoms with Gasteiger partial charge in [0, 0.05) is 5.69 Å². The highest BCUT2D eigenvalue weighted by atomic mass is 35.5. The van der Waals surface area contributed by atoms with E-state index in [1.165, 1.54) is 5.30 Å². The summed E-state index contributed by atoms with van der Waals surface area (Å²) in [6, 6.07) is 7.96. The van der Waals surface area contributed by atoms with Crippen molar-refractivity contribution in [2.24, 2.45) is 0 Å². The Kier molecular flexibility index (Phi) is 4.31. The second-order valence-electron chi connectivity index (χ2n) is 3.32. The molecule has 0 aliphatic heterocycles. The number of nitrogens with one attached hydrogen (secondary N) is 2. The van der Waals surface area contributed by atoms with E-state index < -0.39 is 0 Å². The fourth-order valence-electron chi connectivity index (χ4n) is 1.17. The first-order valence-electron chi connectivity index (χ1n) is 4.49. The van der Waals surface area contributed by atoms with Crippen molar-refractivity contribution >= 4 is 36.4 Å². The normalized spacial score (nSPS) is 10.1. The molecule has 0 unspecified atom stereocenters. The van der Waals surface area contributed by atoms with Gasteiger partial charge in [-0.3, -0.25) is 5.41 Å². The lowest BCUT2D eigenvalue weighted by Gasteiger charge is -2.14. The molecule has 4 heteroatoms. The van der Waals surface area contributed by atoms with Crippen LogP contribution < -0.4 is 10.6 Å². The van der Waals surface area contributed by atoms with Gasteiger partial charge in [0.25, 0.3) is 0 Å². The summed E-state index contributed by atoms with van der Waals surface area (Å²) in [5.74, 6) is 0.154. The molecule has 0 bridgehead atoms. The summed E-state index contributed by atoms with van der Waals surface area (Å²) in [5.41, 5.74) is 0.945. The van der Waals surface area contributed by atoms with Gasteiger partial charge in [-0.1, -0.05) is 44.3 Å². The van der Waals surface area contributed by atoms with E-state index in [0.29, 0.717) is 0 Å². The zero-order valence-electron chi connectivity index (χ0n) is 8.84. The van der Waals surface area contributed by atoms with E-state index in [1.54, 1.807) is 0 Å². The van der Waals surface area contributed by atoms with Crippen molar-refractivity contribution in [3.05, 3.63) is 35.9 Å². The Labute approximate surface area is 96.6 Å². The monoisotopic (exact) mass is 240 g/mol.